The highest BCUT2D eigenvalue weighted by molar-refractivity contribution is 4.82. The molecule has 0 amide bonds. The molecule has 0 aromatic heterocycles. The molecular formula is C9H17FO3. The van der Waals surface area contributed by atoms with Crippen molar-refractivity contribution < 1.29 is 19.3 Å². The van der Waals surface area contributed by atoms with Crippen LogP contribution in [0.2, 0.25) is 0 Å². The summed E-state index contributed by atoms with van der Waals surface area (Å²) in [5.74, 6) is 0. The lowest BCUT2D eigenvalue weighted by molar-refractivity contribution is -0.0595. The van der Waals surface area contributed by atoms with Gasteiger partial charge in [-0.2, -0.15) is 0 Å². The second kappa shape index (κ2) is 4.88. The zero-order chi connectivity index (χ0) is 9.73. The quantitative estimate of drug-likeness (QED) is 0.687. The van der Waals surface area contributed by atoms with Crippen LogP contribution in [0.3, 0.4) is 0 Å². The Balaban J connectivity index is 2.35. The van der Waals surface area contributed by atoms with Crippen molar-refractivity contribution in [3.8, 4) is 0 Å². The zero-order valence-electron chi connectivity index (χ0n) is 7.71. The van der Waals surface area contributed by atoms with Crippen molar-refractivity contribution in [2.75, 3.05) is 19.8 Å². The molecule has 0 aromatic carbocycles. The minimum absolute atomic E-state index is 0.0972. The van der Waals surface area contributed by atoms with Crippen LogP contribution in [-0.2, 0) is 4.74 Å². The minimum atomic E-state index is -1.87. The molecule has 1 rings (SSSR count). The third kappa shape index (κ3) is 3.21. The lowest BCUT2D eigenvalue weighted by Gasteiger charge is -2.29. The van der Waals surface area contributed by atoms with Gasteiger partial charge in [0, 0.05) is 13.0 Å². The first kappa shape index (κ1) is 10.9. The molecule has 1 unspecified atom stereocenters. The highest BCUT2D eigenvalue weighted by atomic mass is 19.1. The summed E-state index contributed by atoms with van der Waals surface area (Å²) in [5.41, 5.74) is -1.87. The predicted molar refractivity (Wildman–Crippen MR) is 46.2 cm³/mol. The largest absolute Gasteiger partial charge is 0.393 e. The van der Waals surface area contributed by atoms with E-state index in [2.05, 4.69) is 0 Å². The van der Waals surface area contributed by atoms with Gasteiger partial charge in [-0.3, -0.25) is 0 Å². The number of halogens is 1. The van der Waals surface area contributed by atoms with E-state index in [1.54, 1.807) is 0 Å². The second-order valence-corrected chi connectivity index (χ2v) is 3.66. The average molecular weight is 192 g/mol. The SMILES string of the molecule is OCC(F)(CO)CC1CCCCO1. The maximum Gasteiger partial charge on any atom is 0.159 e. The molecule has 3 nitrogen and oxygen atoms in total. The van der Waals surface area contributed by atoms with E-state index < -0.39 is 18.9 Å². The van der Waals surface area contributed by atoms with E-state index in [0.29, 0.717) is 6.61 Å². The number of hydrogen-bond acceptors (Lipinski definition) is 3. The summed E-state index contributed by atoms with van der Waals surface area (Å²) in [6.07, 6.45) is 2.84. The van der Waals surface area contributed by atoms with Crippen LogP contribution in [0.5, 0.6) is 0 Å². The van der Waals surface area contributed by atoms with Gasteiger partial charge in [0.2, 0.25) is 0 Å². The molecule has 1 aliphatic rings. The van der Waals surface area contributed by atoms with E-state index in [1.807, 2.05) is 0 Å². The second-order valence-electron chi connectivity index (χ2n) is 3.66. The van der Waals surface area contributed by atoms with Crippen molar-refractivity contribution in [1.29, 1.82) is 0 Å². The van der Waals surface area contributed by atoms with Crippen LogP contribution in [0.1, 0.15) is 25.7 Å². The van der Waals surface area contributed by atoms with E-state index in [-0.39, 0.29) is 12.5 Å². The van der Waals surface area contributed by atoms with Crippen LogP contribution < -0.4 is 0 Å². The predicted octanol–water partition coefficient (Wildman–Crippen LogP) is 0.639. The average Bonchev–Trinajstić information content (AvgIpc) is 2.19. The maximum atomic E-state index is 13.5. The Labute approximate surface area is 77.5 Å². The molecule has 1 aliphatic heterocycles. The molecule has 1 fully saturated rings. The van der Waals surface area contributed by atoms with Gasteiger partial charge in [-0.1, -0.05) is 0 Å². The molecule has 0 aliphatic carbocycles. The van der Waals surface area contributed by atoms with Crippen LogP contribution in [0.25, 0.3) is 0 Å². The Bertz CT molecular complexity index is 142. The van der Waals surface area contributed by atoms with E-state index in [4.69, 9.17) is 14.9 Å². The van der Waals surface area contributed by atoms with E-state index >= 15 is 0 Å². The number of aliphatic hydroxyl groups is 2. The highest BCUT2D eigenvalue weighted by Gasteiger charge is 2.32. The summed E-state index contributed by atoms with van der Waals surface area (Å²) in [4.78, 5) is 0. The standard InChI is InChI=1S/C9H17FO3/c10-9(6-11,7-12)5-8-3-1-2-4-13-8/h8,11-12H,1-7H2. The number of aliphatic hydroxyl groups excluding tert-OH is 2. The zero-order valence-corrected chi connectivity index (χ0v) is 7.71. The smallest absolute Gasteiger partial charge is 0.159 e. The van der Waals surface area contributed by atoms with Crippen molar-refractivity contribution in [1.82, 2.24) is 0 Å². The minimum Gasteiger partial charge on any atom is -0.393 e. The van der Waals surface area contributed by atoms with E-state index in [1.165, 1.54) is 0 Å². The van der Waals surface area contributed by atoms with Gasteiger partial charge in [0.1, 0.15) is 0 Å². The summed E-state index contributed by atoms with van der Waals surface area (Å²) in [7, 11) is 0. The fraction of sp³-hybridized carbons (Fsp3) is 1.00. The van der Waals surface area contributed by atoms with Gasteiger partial charge < -0.3 is 14.9 Å². The highest BCUT2D eigenvalue weighted by Crippen LogP contribution is 2.24. The molecule has 0 spiro atoms. The van der Waals surface area contributed by atoms with Crippen LogP contribution >= 0.6 is 0 Å². The molecule has 78 valence electrons. The normalized spacial score (nSPS) is 24.7. The summed E-state index contributed by atoms with van der Waals surface area (Å²) in [6.45, 7) is -0.607. The van der Waals surface area contributed by atoms with Crippen LogP contribution in [0.15, 0.2) is 0 Å². The van der Waals surface area contributed by atoms with Crippen molar-refractivity contribution in [2.45, 2.75) is 37.5 Å². The molecule has 2 N–H and O–H groups in total. The van der Waals surface area contributed by atoms with Crippen LogP contribution in [0.4, 0.5) is 4.39 Å². The Kier molecular flexibility index (Phi) is 4.09. The first-order chi connectivity index (χ1) is 6.20. The Morgan fingerprint density at radius 1 is 1.31 bits per heavy atom. The first-order valence-corrected chi connectivity index (χ1v) is 4.72. The molecule has 0 bridgehead atoms. The first-order valence-electron chi connectivity index (χ1n) is 4.72. The van der Waals surface area contributed by atoms with Gasteiger partial charge >= 0.3 is 0 Å². The van der Waals surface area contributed by atoms with Crippen LogP contribution in [0, 0.1) is 0 Å². The van der Waals surface area contributed by atoms with Crippen molar-refractivity contribution in [3.05, 3.63) is 0 Å². The number of ether oxygens (including phenoxy) is 1. The van der Waals surface area contributed by atoms with Gasteiger partial charge in [0.15, 0.2) is 5.67 Å². The summed E-state index contributed by atoms with van der Waals surface area (Å²) < 4.78 is 18.8. The molecule has 0 saturated carbocycles. The molecule has 1 atom stereocenters. The van der Waals surface area contributed by atoms with Gasteiger partial charge in [0.25, 0.3) is 0 Å². The van der Waals surface area contributed by atoms with Crippen molar-refractivity contribution in [3.63, 3.8) is 0 Å². The molecule has 13 heavy (non-hydrogen) atoms. The summed E-state index contributed by atoms with van der Waals surface area (Å²) in [6, 6.07) is 0. The number of alkyl halides is 1. The van der Waals surface area contributed by atoms with Crippen molar-refractivity contribution in [2.24, 2.45) is 0 Å². The summed E-state index contributed by atoms with van der Waals surface area (Å²) in [5, 5.41) is 17.5. The van der Waals surface area contributed by atoms with Crippen LogP contribution in [-0.4, -0.2) is 41.8 Å². The molecular weight excluding hydrogens is 175 g/mol. The Morgan fingerprint density at radius 2 is 2.00 bits per heavy atom. The number of hydrogen-bond donors (Lipinski definition) is 2. The fourth-order valence-corrected chi connectivity index (χ4v) is 1.56. The van der Waals surface area contributed by atoms with Gasteiger partial charge in [-0.05, 0) is 19.3 Å². The van der Waals surface area contributed by atoms with E-state index in [9.17, 15) is 4.39 Å². The monoisotopic (exact) mass is 192 g/mol. The maximum absolute atomic E-state index is 13.5. The molecule has 0 aromatic rings. The van der Waals surface area contributed by atoms with E-state index in [0.717, 1.165) is 19.3 Å². The van der Waals surface area contributed by atoms with Crippen molar-refractivity contribution >= 4 is 0 Å². The number of rotatable bonds is 4. The summed E-state index contributed by atoms with van der Waals surface area (Å²) >= 11 is 0. The molecule has 1 saturated heterocycles. The Morgan fingerprint density at radius 3 is 2.46 bits per heavy atom. The Hall–Kier alpha value is -0.190. The van der Waals surface area contributed by atoms with Gasteiger partial charge in [0.05, 0.1) is 19.3 Å². The molecule has 0 radical (unpaired) electrons. The third-order valence-electron chi connectivity index (χ3n) is 2.43. The molecule has 1 heterocycles. The van der Waals surface area contributed by atoms with Gasteiger partial charge in [-0.15, -0.1) is 0 Å². The molecule has 4 heteroatoms. The topological polar surface area (TPSA) is 49.7 Å². The lowest BCUT2D eigenvalue weighted by atomic mass is 9.95. The fourth-order valence-electron chi connectivity index (χ4n) is 1.56. The third-order valence-corrected chi connectivity index (χ3v) is 2.43. The lowest BCUT2D eigenvalue weighted by Crippen LogP contribution is -2.38. The van der Waals surface area contributed by atoms with Gasteiger partial charge in [-0.25, -0.2) is 4.39 Å².